The fourth-order valence-corrected chi connectivity index (χ4v) is 1.60. The number of hydrogen-bond donors (Lipinski definition) is 1. The van der Waals surface area contributed by atoms with Crippen molar-refractivity contribution in [3.05, 3.63) is 29.6 Å². The van der Waals surface area contributed by atoms with Crippen LogP contribution in [0.5, 0.6) is 5.75 Å². The molecule has 1 heterocycles. The maximum Gasteiger partial charge on any atom is 0.222 e. The minimum Gasteiger partial charge on any atom is -0.496 e. The first kappa shape index (κ1) is 10.5. The van der Waals surface area contributed by atoms with Gasteiger partial charge in [0.2, 0.25) is 5.88 Å². The van der Waals surface area contributed by atoms with Crippen molar-refractivity contribution in [2.24, 2.45) is 0 Å². The Balaban J connectivity index is 2.63. The molecule has 0 aliphatic heterocycles. The predicted octanol–water partition coefficient (Wildman–Crippen LogP) is 2.38. The summed E-state index contributed by atoms with van der Waals surface area (Å²) in [4.78, 5) is 0. The van der Waals surface area contributed by atoms with Crippen LogP contribution in [-0.4, -0.2) is 12.3 Å². The minimum atomic E-state index is -0.383. The highest BCUT2D eigenvalue weighted by Crippen LogP contribution is 2.32. The first-order chi connectivity index (χ1) is 7.63. The van der Waals surface area contributed by atoms with Crippen LogP contribution in [0.15, 0.2) is 22.7 Å². The average molecular weight is 222 g/mol. The summed E-state index contributed by atoms with van der Waals surface area (Å²) in [5.74, 6) is 0.362. The predicted molar refractivity (Wildman–Crippen MR) is 57.6 cm³/mol. The van der Waals surface area contributed by atoms with Gasteiger partial charge in [-0.05, 0) is 19.1 Å². The largest absolute Gasteiger partial charge is 0.496 e. The zero-order valence-electron chi connectivity index (χ0n) is 8.95. The number of methoxy groups -OCH3 is 1. The lowest BCUT2D eigenvalue weighted by molar-refractivity contribution is 0.410. The van der Waals surface area contributed by atoms with Gasteiger partial charge < -0.3 is 15.0 Å². The van der Waals surface area contributed by atoms with E-state index in [0.29, 0.717) is 22.6 Å². The molecule has 16 heavy (non-hydrogen) atoms. The van der Waals surface area contributed by atoms with Crippen LogP contribution in [-0.2, 0) is 0 Å². The molecule has 0 fully saturated rings. The van der Waals surface area contributed by atoms with Crippen LogP contribution in [0.2, 0.25) is 0 Å². The van der Waals surface area contributed by atoms with Crippen molar-refractivity contribution in [2.75, 3.05) is 12.8 Å². The molecule has 0 atom stereocenters. The van der Waals surface area contributed by atoms with E-state index >= 15 is 0 Å². The van der Waals surface area contributed by atoms with Crippen LogP contribution >= 0.6 is 0 Å². The topological polar surface area (TPSA) is 61.3 Å². The van der Waals surface area contributed by atoms with Crippen LogP contribution in [0.4, 0.5) is 10.3 Å². The lowest BCUT2D eigenvalue weighted by Crippen LogP contribution is -1.94. The summed E-state index contributed by atoms with van der Waals surface area (Å²) >= 11 is 0. The highest BCUT2D eigenvalue weighted by atomic mass is 19.1. The van der Waals surface area contributed by atoms with E-state index in [4.69, 9.17) is 15.0 Å². The second kappa shape index (κ2) is 3.84. The zero-order chi connectivity index (χ0) is 11.7. The van der Waals surface area contributed by atoms with Gasteiger partial charge >= 0.3 is 0 Å². The number of ether oxygens (including phenoxy) is 1. The number of rotatable bonds is 2. The molecule has 1 aromatic carbocycles. The molecule has 0 spiro atoms. The van der Waals surface area contributed by atoms with E-state index in [1.807, 2.05) is 0 Å². The van der Waals surface area contributed by atoms with Crippen LogP contribution in [0, 0.1) is 12.7 Å². The summed E-state index contributed by atoms with van der Waals surface area (Å²) in [7, 11) is 1.53. The Bertz CT molecular complexity index is 523. The van der Waals surface area contributed by atoms with Crippen LogP contribution in [0.25, 0.3) is 11.3 Å². The Labute approximate surface area is 91.8 Å². The highest BCUT2D eigenvalue weighted by molar-refractivity contribution is 5.68. The Hall–Kier alpha value is -2.04. The summed E-state index contributed by atoms with van der Waals surface area (Å²) in [6.45, 7) is 1.75. The van der Waals surface area contributed by atoms with Crippen molar-refractivity contribution in [2.45, 2.75) is 6.92 Å². The quantitative estimate of drug-likeness (QED) is 0.847. The number of nitrogens with zero attached hydrogens (tertiary/aromatic N) is 1. The maximum absolute atomic E-state index is 13.7. The van der Waals surface area contributed by atoms with E-state index < -0.39 is 0 Å². The van der Waals surface area contributed by atoms with Crippen molar-refractivity contribution in [3.63, 3.8) is 0 Å². The maximum atomic E-state index is 13.7. The van der Waals surface area contributed by atoms with Crippen LogP contribution < -0.4 is 10.5 Å². The molecule has 0 saturated heterocycles. The molecular weight excluding hydrogens is 211 g/mol. The first-order valence-electron chi connectivity index (χ1n) is 4.69. The van der Waals surface area contributed by atoms with Gasteiger partial charge in [-0.25, -0.2) is 4.39 Å². The van der Waals surface area contributed by atoms with Gasteiger partial charge in [-0.2, -0.15) is 0 Å². The Morgan fingerprint density at radius 2 is 2.19 bits per heavy atom. The number of benzene rings is 1. The minimum absolute atomic E-state index is 0.150. The van der Waals surface area contributed by atoms with Crippen LogP contribution in [0.1, 0.15) is 5.56 Å². The standard InChI is InChI=1S/C11H11FN2O2/c1-6-9(15-2)4-3-7(12)11(6)8-5-10(13)16-14-8/h3-5H,13H2,1-2H3. The summed E-state index contributed by atoms with van der Waals surface area (Å²) in [6.07, 6.45) is 0. The van der Waals surface area contributed by atoms with Gasteiger partial charge in [0.25, 0.3) is 0 Å². The molecule has 84 valence electrons. The van der Waals surface area contributed by atoms with Gasteiger partial charge in [-0.15, -0.1) is 0 Å². The van der Waals surface area contributed by atoms with Gasteiger partial charge in [0.05, 0.1) is 7.11 Å². The zero-order valence-corrected chi connectivity index (χ0v) is 8.95. The Kier molecular flexibility index (Phi) is 2.52. The van der Waals surface area contributed by atoms with Gasteiger partial charge in [0.1, 0.15) is 17.3 Å². The number of hydrogen-bond acceptors (Lipinski definition) is 4. The molecule has 0 unspecified atom stereocenters. The van der Waals surface area contributed by atoms with Gasteiger partial charge in [-0.1, -0.05) is 5.16 Å². The van der Waals surface area contributed by atoms with Crippen molar-refractivity contribution < 1.29 is 13.7 Å². The van der Waals surface area contributed by atoms with Crippen molar-refractivity contribution in [1.29, 1.82) is 0 Å². The number of nitrogens with two attached hydrogens (primary N) is 1. The second-order valence-electron chi connectivity index (χ2n) is 3.36. The smallest absolute Gasteiger partial charge is 0.222 e. The fraction of sp³-hybridized carbons (Fsp3) is 0.182. The molecule has 0 aliphatic carbocycles. The van der Waals surface area contributed by atoms with E-state index in [0.717, 1.165) is 0 Å². The number of anilines is 1. The SMILES string of the molecule is COc1ccc(F)c(-c2cc(N)on2)c1C. The fourth-order valence-electron chi connectivity index (χ4n) is 1.60. The number of aromatic nitrogens is 1. The lowest BCUT2D eigenvalue weighted by atomic mass is 10.0. The first-order valence-corrected chi connectivity index (χ1v) is 4.69. The average Bonchev–Trinajstić information content (AvgIpc) is 2.65. The van der Waals surface area contributed by atoms with Gasteiger partial charge in [0, 0.05) is 17.2 Å². The van der Waals surface area contributed by atoms with Crippen LogP contribution in [0.3, 0.4) is 0 Å². The summed E-state index contributed by atoms with van der Waals surface area (Å²) < 4.78 is 23.5. The lowest BCUT2D eigenvalue weighted by Gasteiger charge is -2.08. The number of halogens is 1. The van der Waals surface area contributed by atoms with E-state index in [1.54, 1.807) is 13.0 Å². The molecule has 2 aromatic rings. The van der Waals surface area contributed by atoms with E-state index in [-0.39, 0.29) is 11.7 Å². The third-order valence-corrected chi connectivity index (χ3v) is 2.37. The normalized spacial score (nSPS) is 10.4. The molecule has 1 aromatic heterocycles. The molecule has 2 N–H and O–H groups in total. The Morgan fingerprint density at radius 1 is 1.44 bits per heavy atom. The second-order valence-corrected chi connectivity index (χ2v) is 3.36. The molecule has 0 saturated carbocycles. The van der Waals surface area contributed by atoms with Crippen molar-refractivity contribution in [3.8, 4) is 17.0 Å². The molecule has 4 nitrogen and oxygen atoms in total. The summed E-state index contributed by atoms with van der Waals surface area (Å²) in [6, 6.07) is 4.37. The van der Waals surface area contributed by atoms with E-state index in [2.05, 4.69) is 5.16 Å². The van der Waals surface area contributed by atoms with E-state index in [1.165, 1.54) is 19.2 Å². The monoisotopic (exact) mass is 222 g/mol. The molecule has 0 bridgehead atoms. The molecule has 2 rings (SSSR count). The summed E-state index contributed by atoms with van der Waals surface area (Å²) in [5.41, 5.74) is 6.78. The molecule has 5 heteroatoms. The van der Waals surface area contributed by atoms with Crippen molar-refractivity contribution >= 4 is 5.88 Å². The third kappa shape index (κ3) is 1.60. The Morgan fingerprint density at radius 3 is 2.75 bits per heavy atom. The molecular formula is C11H11FN2O2. The van der Waals surface area contributed by atoms with Crippen molar-refractivity contribution in [1.82, 2.24) is 5.16 Å². The van der Waals surface area contributed by atoms with E-state index in [9.17, 15) is 4.39 Å². The molecule has 0 aliphatic rings. The number of nitrogen functional groups attached to an aromatic ring is 1. The summed E-state index contributed by atoms with van der Waals surface area (Å²) in [5, 5.41) is 3.69. The third-order valence-electron chi connectivity index (χ3n) is 2.37. The highest BCUT2D eigenvalue weighted by Gasteiger charge is 2.15. The molecule has 0 radical (unpaired) electrons. The molecule has 0 amide bonds. The van der Waals surface area contributed by atoms with Gasteiger partial charge in [-0.3, -0.25) is 0 Å². The van der Waals surface area contributed by atoms with Gasteiger partial charge in [0.15, 0.2) is 0 Å².